The standard InChI is InChI=1S/C16H16F3NO.ClH/c17-16(18,19)21-15-7-6-13(8-9-20)11-14(15)10-12-4-2-1-3-5-12;/h1-7,11H,8-10,20H2;1H. The summed E-state index contributed by atoms with van der Waals surface area (Å²) in [6.07, 6.45) is -3.69. The molecule has 120 valence electrons. The number of benzene rings is 2. The Hall–Kier alpha value is -1.72. The predicted octanol–water partition coefficient (Wildman–Crippen LogP) is 4.10. The van der Waals surface area contributed by atoms with E-state index in [4.69, 9.17) is 5.73 Å². The van der Waals surface area contributed by atoms with Gasteiger partial charge in [-0.1, -0.05) is 42.5 Å². The fourth-order valence-corrected chi connectivity index (χ4v) is 2.13. The number of hydrogen-bond acceptors (Lipinski definition) is 2. The van der Waals surface area contributed by atoms with Gasteiger partial charge in [0, 0.05) is 6.42 Å². The molecule has 2 nitrogen and oxygen atoms in total. The minimum absolute atomic E-state index is 0. The normalized spacial score (nSPS) is 10.9. The van der Waals surface area contributed by atoms with Crippen molar-refractivity contribution >= 4 is 12.4 Å². The SMILES string of the molecule is Cl.NCCc1ccc(OC(F)(F)F)c(Cc2ccccc2)c1. The first-order chi connectivity index (χ1) is 9.98. The highest BCUT2D eigenvalue weighted by Gasteiger charge is 2.32. The molecule has 0 bridgehead atoms. The maximum absolute atomic E-state index is 12.5. The van der Waals surface area contributed by atoms with Crippen LogP contribution in [0.4, 0.5) is 13.2 Å². The molecule has 6 heteroatoms. The zero-order chi connectivity index (χ0) is 15.3. The summed E-state index contributed by atoms with van der Waals surface area (Å²) in [4.78, 5) is 0. The minimum atomic E-state index is -4.69. The van der Waals surface area contributed by atoms with Gasteiger partial charge >= 0.3 is 6.36 Å². The van der Waals surface area contributed by atoms with Gasteiger partial charge in [-0.2, -0.15) is 0 Å². The molecule has 0 amide bonds. The van der Waals surface area contributed by atoms with Crippen molar-refractivity contribution in [3.05, 3.63) is 65.2 Å². The van der Waals surface area contributed by atoms with Gasteiger partial charge in [0.05, 0.1) is 0 Å². The summed E-state index contributed by atoms with van der Waals surface area (Å²) in [6.45, 7) is 0.449. The molecule has 0 saturated heterocycles. The second-order valence-electron chi connectivity index (χ2n) is 4.69. The van der Waals surface area contributed by atoms with Crippen molar-refractivity contribution in [1.29, 1.82) is 0 Å². The van der Waals surface area contributed by atoms with Gasteiger partial charge in [-0.3, -0.25) is 0 Å². The van der Waals surface area contributed by atoms with Crippen molar-refractivity contribution in [3.63, 3.8) is 0 Å². The van der Waals surface area contributed by atoms with Crippen molar-refractivity contribution in [3.8, 4) is 5.75 Å². The number of alkyl halides is 3. The van der Waals surface area contributed by atoms with Crippen LogP contribution in [0.2, 0.25) is 0 Å². The van der Waals surface area contributed by atoms with E-state index in [9.17, 15) is 13.2 Å². The predicted molar refractivity (Wildman–Crippen MR) is 82.4 cm³/mol. The molecule has 0 heterocycles. The molecule has 0 spiro atoms. The molecule has 0 unspecified atom stereocenters. The third-order valence-electron chi connectivity index (χ3n) is 3.02. The summed E-state index contributed by atoms with van der Waals surface area (Å²) in [7, 11) is 0. The third-order valence-corrected chi connectivity index (χ3v) is 3.02. The molecule has 0 aliphatic rings. The fourth-order valence-electron chi connectivity index (χ4n) is 2.13. The summed E-state index contributed by atoms with van der Waals surface area (Å²) in [5.41, 5.74) is 7.82. The van der Waals surface area contributed by atoms with E-state index in [-0.39, 0.29) is 18.2 Å². The highest BCUT2D eigenvalue weighted by molar-refractivity contribution is 5.85. The lowest BCUT2D eigenvalue weighted by atomic mass is 10.0. The largest absolute Gasteiger partial charge is 0.573 e. The zero-order valence-electron chi connectivity index (χ0n) is 11.8. The Morgan fingerprint density at radius 1 is 0.955 bits per heavy atom. The average molecular weight is 332 g/mol. The Kier molecular flexibility index (Phi) is 6.71. The number of halogens is 4. The van der Waals surface area contributed by atoms with Crippen LogP contribution in [0.3, 0.4) is 0 Å². The highest BCUT2D eigenvalue weighted by Crippen LogP contribution is 2.29. The van der Waals surface area contributed by atoms with Crippen molar-refractivity contribution in [1.82, 2.24) is 0 Å². The van der Waals surface area contributed by atoms with E-state index in [1.807, 2.05) is 30.3 Å². The number of rotatable bonds is 5. The first kappa shape index (κ1) is 18.3. The van der Waals surface area contributed by atoms with Gasteiger partial charge in [0.2, 0.25) is 0 Å². The number of nitrogens with two attached hydrogens (primary N) is 1. The zero-order valence-corrected chi connectivity index (χ0v) is 12.6. The van der Waals surface area contributed by atoms with E-state index < -0.39 is 6.36 Å². The molecule has 0 aliphatic carbocycles. The van der Waals surface area contributed by atoms with Crippen LogP contribution >= 0.6 is 12.4 Å². The molecule has 2 rings (SSSR count). The minimum Gasteiger partial charge on any atom is -0.405 e. The lowest BCUT2D eigenvalue weighted by Crippen LogP contribution is -2.18. The fraction of sp³-hybridized carbons (Fsp3) is 0.250. The smallest absolute Gasteiger partial charge is 0.405 e. The quantitative estimate of drug-likeness (QED) is 0.895. The summed E-state index contributed by atoms with van der Waals surface area (Å²) in [6, 6.07) is 14.0. The summed E-state index contributed by atoms with van der Waals surface area (Å²) >= 11 is 0. The van der Waals surface area contributed by atoms with Crippen LogP contribution in [0, 0.1) is 0 Å². The Bertz CT molecular complexity index is 588. The highest BCUT2D eigenvalue weighted by atomic mass is 35.5. The van der Waals surface area contributed by atoms with Gasteiger partial charge < -0.3 is 10.5 Å². The Balaban J connectivity index is 0.00000242. The van der Waals surface area contributed by atoms with Crippen molar-refractivity contribution < 1.29 is 17.9 Å². The van der Waals surface area contributed by atoms with Gasteiger partial charge in [-0.05, 0) is 35.7 Å². The van der Waals surface area contributed by atoms with E-state index in [0.29, 0.717) is 24.9 Å². The molecule has 2 N–H and O–H groups in total. The van der Waals surface area contributed by atoms with Crippen LogP contribution in [0.1, 0.15) is 16.7 Å². The van der Waals surface area contributed by atoms with E-state index in [2.05, 4.69) is 4.74 Å². The lowest BCUT2D eigenvalue weighted by molar-refractivity contribution is -0.274. The van der Waals surface area contributed by atoms with Gasteiger partial charge in [0.25, 0.3) is 0 Å². The molecule has 2 aromatic carbocycles. The van der Waals surface area contributed by atoms with Crippen LogP contribution in [-0.4, -0.2) is 12.9 Å². The van der Waals surface area contributed by atoms with E-state index in [1.54, 1.807) is 12.1 Å². The first-order valence-electron chi connectivity index (χ1n) is 6.59. The van der Waals surface area contributed by atoms with Gasteiger partial charge in [0.1, 0.15) is 5.75 Å². The molecule has 0 aliphatic heterocycles. The Morgan fingerprint density at radius 3 is 2.23 bits per heavy atom. The van der Waals surface area contributed by atoms with Crippen LogP contribution in [0.5, 0.6) is 5.75 Å². The summed E-state index contributed by atoms with van der Waals surface area (Å²) in [5, 5.41) is 0. The topological polar surface area (TPSA) is 35.2 Å². The van der Waals surface area contributed by atoms with E-state index in [1.165, 1.54) is 6.07 Å². The first-order valence-corrected chi connectivity index (χ1v) is 6.59. The third kappa shape index (κ3) is 5.58. The molecule has 0 fully saturated rings. The maximum atomic E-state index is 12.5. The number of ether oxygens (including phenoxy) is 1. The molecular weight excluding hydrogens is 315 g/mol. The van der Waals surface area contributed by atoms with Crippen LogP contribution in [0.25, 0.3) is 0 Å². The Labute approximate surface area is 133 Å². The number of hydrogen-bond donors (Lipinski definition) is 1. The summed E-state index contributed by atoms with van der Waals surface area (Å²) < 4.78 is 41.5. The Morgan fingerprint density at radius 2 is 1.64 bits per heavy atom. The monoisotopic (exact) mass is 331 g/mol. The van der Waals surface area contributed by atoms with Gasteiger partial charge in [0.15, 0.2) is 0 Å². The van der Waals surface area contributed by atoms with E-state index in [0.717, 1.165) is 11.1 Å². The lowest BCUT2D eigenvalue weighted by Gasteiger charge is -2.14. The second kappa shape index (κ2) is 8.06. The molecule has 2 aromatic rings. The van der Waals surface area contributed by atoms with Crippen molar-refractivity contribution in [2.75, 3.05) is 6.54 Å². The molecule has 22 heavy (non-hydrogen) atoms. The summed E-state index contributed by atoms with van der Waals surface area (Å²) in [5.74, 6) is -0.160. The molecule has 0 atom stereocenters. The molecule has 0 saturated carbocycles. The van der Waals surface area contributed by atoms with Crippen molar-refractivity contribution in [2.45, 2.75) is 19.2 Å². The average Bonchev–Trinajstić information content (AvgIpc) is 2.42. The van der Waals surface area contributed by atoms with E-state index >= 15 is 0 Å². The second-order valence-corrected chi connectivity index (χ2v) is 4.69. The van der Waals surface area contributed by atoms with Crippen LogP contribution in [0.15, 0.2) is 48.5 Å². The van der Waals surface area contributed by atoms with Gasteiger partial charge in [-0.15, -0.1) is 25.6 Å². The van der Waals surface area contributed by atoms with Crippen LogP contribution < -0.4 is 10.5 Å². The van der Waals surface area contributed by atoms with Crippen LogP contribution in [-0.2, 0) is 12.8 Å². The maximum Gasteiger partial charge on any atom is 0.573 e. The molecule has 0 radical (unpaired) electrons. The van der Waals surface area contributed by atoms with Gasteiger partial charge in [-0.25, -0.2) is 0 Å². The molecular formula is C16H17ClF3NO. The molecule has 0 aromatic heterocycles. The van der Waals surface area contributed by atoms with Crippen molar-refractivity contribution in [2.24, 2.45) is 5.73 Å².